The lowest BCUT2D eigenvalue weighted by molar-refractivity contribution is -0.136. The Balaban J connectivity index is 1.67. The van der Waals surface area contributed by atoms with Crippen LogP contribution in [0.25, 0.3) is 0 Å². The summed E-state index contributed by atoms with van der Waals surface area (Å²) in [4.78, 5) is 12.2. The summed E-state index contributed by atoms with van der Waals surface area (Å²) in [6.07, 6.45) is 12.6. The van der Waals surface area contributed by atoms with Crippen molar-refractivity contribution >= 4 is 5.78 Å². The Morgan fingerprint density at radius 1 is 1.08 bits per heavy atom. The second-order valence-corrected chi connectivity index (χ2v) is 10.1. The predicted octanol–water partition coefficient (Wildman–Crippen LogP) is 6.32. The molecule has 24 heavy (non-hydrogen) atoms. The molecule has 0 aromatic rings. The van der Waals surface area contributed by atoms with Crippen LogP contribution < -0.4 is 0 Å². The van der Waals surface area contributed by atoms with Gasteiger partial charge >= 0.3 is 0 Å². The molecule has 0 amide bonds. The van der Waals surface area contributed by atoms with Crippen molar-refractivity contribution in [2.45, 2.75) is 91.9 Å². The van der Waals surface area contributed by atoms with E-state index >= 15 is 0 Å². The van der Waals surface area contributed by atoms with Gasteiger partial charge in [-0.15, -0.1) is 0 Å². The molecule has 0 saturated heterocycles. The van der Waals surface area contributed by atoms with E-state index in [1.165, 1.54) is 51.4 Å². The fraction of sp³-hybridized carbons (Fsp3) is 0.870. The molecule has 4 rings (SSSR count). The average Bonchev–Trinajstić information content (AvgIpc) is 2.87. The van der Waals surface area contributed by atoms with Crippen LogP contribution in [0, 0.1) is 34.5 Å². The number of ketones is 1. The topological polar surface area (TPSA) is 17.1 Å². The molecule has 134 valence electrons. The first kappa shape index (κ1) is 16.9. The molecule has 0 unspecified atom stereocenters. The number of Topliss-reactive ketones (excluding diaryl/α,β-unsaturated/α-hetero) is 1. The predicted molar refractivity (Wildman–Crippen MR) is 99.7 cm³/mol. The summed E-state index contributed by atoms with van der Waals surface area (Å²) in [7, 11) is 0. The summed E-state index contributed by atoms with van der Waals surface area (Å²) >= 11 is 0. The fourth-order valence-corrected chi connectivity index (χ4v) is 7.67. The highest BCUT2D eigenvalue weighted by molar-refractivity contribution is 5.80. The number of carbonyl (C=O) groups is 1. The summed E-state index contributed by atoms with van der Waals surface area (Å²) in [5.74, 6) is 3.49. The average molecular weight is 329 g/mol. The highest BCUT2D eigenvalue weighted by Gasteiger charge is 2.56. The normalized spacial score (nSPS) is 48.1. The summed E-state index contributed by atoms with van der Waals surface area (Å²) in [6.45, 7) is 9.85. The van der Waals surface area contributed by atoms with Crippen molar-refractivity contribution in [3.63, 3.8) is 0 Å². The van der Waals surface area contributed by atoms with Gasteiger partial charge in [0.05, 0.1) is 0 Å². The molecule has 1 heteroatoms. The first-order valence-corrected chi connectivity index (χ1v) is 10.6. The van der Waals surface area contributed by atoms with Crippen LogP contribution in [0.2, 0.25) is 0 Å². The van der Waals surface area contributed by atoms with Crippen LogP contribution >= 0.6 is 0 Å². The molecule has 2 saturated carbocycles. The van der Waals surface area contributed by atoms with Crippen molar-refractivity contribution in [1.29, 1.82) is 0 Å². The maximum absolute atomic E-state index is 12.2. The Morgan fingerprint density at radius 2 is 1.88 bits per heavy atom. The van der Waals surface area contributed by atoms with Crippen molar-refractivity contribution in [3.05, 3.63) is 11.1 Å². The Hall–Kier alpha value is -0.590. The van der Waals surface area contributed by atoms with E-state index in [4.69, 9.17) is 0 Å². The van der Waals surface area contributed by atoms with Gasteiger partial charge in [0.2, 0.25) is 0 Å². The molecule has 0 bridgehead atoms. The Kier molecular flexibility index (Phi) is 4.01. The molecule has 4 aliphatic rings. The monoisotopic (exact) mass is 328 g/mol. The van der Waals surface area contributed by atoms with Crippen LogP contribution in [0.3, 0.4) is 0 Å². The van der Waals surface area contributed by atoms with Gasteiger partial charge in [0.1, 0.15) is 5.78 Å². The number of carbonyl (C=O) groups excluding carboxylic acids is 1. The van der Waals surface area contributed by atoms with Crippen molar-refractivity contribution < 1.29 is 4.79 Å². The van der Waals surface area contributed by atoms with Crippen molar-refractivity contribution in [2.75, 3.05) is 0 Å². The van der Waals surface area contributed by atoms with E-state index in [-0.39, 0.29) is 0 Å². The molecule has 0 aromatic heterocycles. The van der Waals surface area contributed by atoms with E-state index in [1.54, 1.807) is 0 Å². The van der Waals surface area contributed by atoms with Gasteiger partial charge in [-0.05, 0) is 79.4 Å². The largest absolute Gasteiger partial charge is 0.300 e. The third kappa shape index (κ3) is 2.22. The molecule has 0 aromatic carbocycles. The minimum Gasteiger partial charge on any atom is -0.300 e. The number of fused-ring (bicyclic) bond motifs is 4. The van der Waals surface area contributed by atoms with Gasteiger partial charge in [-0.1, -0.05) is 45.3 Å². The van der Waals surface area contributed by atoms with E-state index in [9.17, 15) is 4.79 Å². The molecular formula is C23H36O. The highest BCUT2D eigenvalue weighted by Crippen LogP contribution is 2.65. The standard InChI is InChI=1S/C23H36O/c1-5-11-22(3)12-10-19-18-7-6-16-14-17(24)13-15(2)23(16,4)21(18)9-8-20(19)22/h15-16,18,21H,5-14H2,1-4H3/t15-,16-,18-,21-,22+,23-/m0/s1. The third-order valence-corrected chi connectivity index (χ3v) is 9.08. The molecule has 0 heterocycles. The van der Waals surface area contributed by atoms with E-state index in [0.29, 0.717) is 28.4 Å². The quantitative estimate of drug-likeness (QED) is 0.542. The van der Waals surface area contributed by atoms with Crippen LogP contribution in [-0.4, -0.2) is 5.78 Å². The lowest BCUT2D eigenvalue weighted by Gasteiger charge is -2.58. The van der Waals surface area contributed by atoms with Crippen LogP contribution in [0.4, 0.5) is 0 Å². The maximum Gasteiger partial charge on any atom is 0.133 e. The summed E-state index contributed by atoms with van der Waals surface area (Å²) in [5.41, 5.74) is 4.71. The van der Waals surface area contributed by atoms with Gasteiger partial charge in [0.15, 0.2) is 0 Å². The molecular weight excluding hydrogens is 292 g/mol. The number of hydrogen-bond acceptors (Lipinski definition) is 1. The fourth-order valence-electron chi connectivity index (χ4n) is 7.67. The first-order chi connectivity index (χ1) is 11.4. The summed E-state index contributed by atoms with van der Waals surface area (Å²) in [6, 6.07) is 0. The van der Waals surface area contributed by atoms with E-state index < -0.39 is 0 Å². The first-order valence-electron chi connectivity index (χ1n) is 10.6. The second kappa shape index (κ2) is 5.71. The lowest BCUT2D eigenvalue weighted by atomic mass is 9.46. The minimum absolute atomic E-state index is 0.416. The van der Waals surface area contributed by atoms with Gasteiger partial charge in [-0.2, -0.15) is 0 Å². The smallest absolute Gasteiger partial charge is 0.133 e. The zero-order valence-corrected chi connectivity index (χ0v) is 16.3. The van der Waals surface area contributed by atoms with Crippen LogP contribution in [-0.2, 0) is 4.79 Å². The van der Waals surface area contributed by atoms with Crippen molar-refractivity contribution in [2.24, 2.45) is 34.5 Å². The van der Waals surface area contributed by atoms with Gasteiger partial charge in [0.25, 0.3) is 0 Å². The van der Waals surface area contributed by atoms with E-state index in [1.807, 2.05) is 11.1 Å². The van der Waals surface area contributed by atoms with Crippen LogP contribution in [0.5, 0.6) is 0 Å². The zero-order valence-electron chi connectivity index (χ0n) is 16.3. The Bertz CT molecular complexity index is 573. The van der Waals surface area contributed by atoms with Gasteiger partial charge in [-0.3, -0.25) is 4.79 Å². The number of rotatable bonds is 2. The van der Waals surface area contributed by atoms with Crippen molar-refractivity contribution in [1.82, 2.24) is 0 Å². The molecule has 6 atom stereocenters. The highest BCUT2D eigenvalue weighted by atomic mass is 16.1. The molecule has 1 nitrogen and oxygen atoms in total. The van der Waals surface area contributed by atoms with Crippen molar-refractivity contribution in [3.8, 4) is 0 Å². The lowest BCUT2D eigenvalue weighted by Crippen LogP contribution is -2.52. The molecule has 0 radical (unpaired) electrons. The number of allylic oxidation sites excluding steroid dienone is 2. The Morgan fingerprint density at radius 3 is 2.62 bits per heavy atom. The SMILES string of the molecule is CCC[C@]1(C)CCC2=C1CC[C@H]1[C@H]2CC[C@H]2CC(=O)C[C@H](C)[C@@]21C. The van der Waals surface area contributed by atoms with E-state index in [0.717, 1.165) is 24.7 Å². The van der Waals surface area contributed by atoms with Gasteiger partial charge in [0, 0.05) is 12.8 Å². The van der Waals surface area contributed by atoms with Gasteiger partial charge < -0.3 is 0 Å². The number of hydrogen-bond donors (Lipinski definition) is 0. The minimum atomic E-state index is 0.416. The maximum atomic E-state index is 12.2. The molecule has 0 spiro atoms. The van der Waals surface area contributed by atoms with Crippen LogP contribution in [0.1, 0.15) is 91.9 Å². The molecule has 2 fully saturated rings. The van der Waals surface area contributed by atoms with Gasteiger partial charge in [-0.25, -0.2) is 0 Å². The third-order valence-electron chi connectivity index (χ3n) is 9.08. The molecule has 4 aliphatic carbocycles. The molecule has 0 N–H and O–H groups in total. The zero-order chi connectivity index (χ0) is 17.1. The van der Waals surface area contributed by atoms with E-state index in [2.05, 4.69) is 27.7 Å². The Labute approximate surface area is 148 Å². The second-order valence-electron chi connectivity index (χ2n) is 10.1. The molecule has 0 aliphatic heterocycles. The summed E-state index contributed by atoms with van der Waals surface area (Å²) in [5, 5.41) is 0. The van der Waals surface area contributed by atoms with Crippen LogP contribution in [0.15, 0.2) is 11.1 Å². The summed E-state index contributed by atoms with van der Waals surface area (Å²) < 4.78 is 0.